The molecular weight excluding hydrogens is 272 g/mol. The molecule has 2 atom stereocenters. The third kappa shape index (κ3) is 3.34. The Morgan fingerprint density at radius 2 is 1.81 bits per heavy atom. The van der Waals surface area contributed by atoms with Gasteiger partial charge in [0.1, 0.15) is 11.6 Å². The fourth-order valence-corrected chi connectivity index (χ4v) is 3.17. The maximum absolute atomic E-state index is 13.7. The maximum Gasteiger partial charge on any atom is 0.189 e. The zero-order valence-electron chi connectivity index (χ0n) is 12.0. The molecule has 21 heavy (non-hydrogen) atoms. The van der Waals surface area contributed by atoms with Gasteiger partial charge < -0.3 is 11.1 Å². The topological polar surface area (TPSA) is 50.4 Å². The van der Waals surface area contributed by atoms with E-state index in [1.807, 2.05) is 0 Å². The van der Waals surface area contributed by atoms with Crippen LogP contribution in [-0.4, -0.2) is 18.0 Å². The Morgan fingerprint density at radius 1 is 1.14 bits per heavy atom. The van der Waals surface area contributed by atoms with Crippen molar-refractivity contribution in [3.63, 3.8) is 0 Å². The molecule has 0 heterocycles. The number of aliphatic imine (C=N–C) groups is 1. The van der Waals surface area contributed by atoms with Crippen molar-refractivity contribution in [2.24, 2.45) is 10.7 Å². The molecular formula is C16H21F2N3. The van der Waals surface area contributed by atoms with Gasteiger partial charge in [-0.25, -0.2) is 13.8 Å². The molecule has 1 aromatic rings. The van der Waals surface area contributed by atoms with Crippen molar-refractivity contribution in [3.8, 4) is 0 Å². The van der Waals surface area contributed by atoms with Gasteiger partial charge in [0.25, 0.3) is 0 Å². The highest BCUT2D eigenvalue weighted by Gasteiger charge is 2.42. The number of guanidine groups is 1. The van der Waals surface area contributed by atoms with Crippen molar-refractivity contribution in [2.75, 3.05) is 0 Å². The first-order valence-electron chi connectivity index (χ1n) is 7.69. The molecule has 2 fully saturated rings. The molecule has 0 bridgehead atoms. The van der Waals surface area contributed by atoms with Gasteiger partial charge in [-0.3, -0.25) is 0 Å². The zero-order chi connectivity index (χ0) is 14.8. The van der Waals surface area contributed by atoms with Crippen LogP contribution in [0.4, 0.5) is 8.78 Å². The first-order valence-corrected chi connectivity index (χ1v) is 7.69. The largest absolute Gasteiger partial charge is 0.370 e. The summed E-state index contributed by atoms with van der Waals surface area (Å²) in [5.41, 5.74) is 6.06. The Morgan fingerprint density at radius 3 is 2.48 bits per heavy atom. The summed E-state index contributed by atoms with van der Waals surface area (Å²) in [6.07, 6.45) is 6.62. The van der Waals surface area contributed by atoms with E-state index in [1.165, 1.54) is 37.5 Å². The number of benzene rings is 1. The van der Waals surface area contributed by atoms with Crippen LogP contribution in [0.25, 0.3) is 0 Å². The van der Waals surface area contributed by atoms with Crippen molar-refractivity contribution in [1.29, 1.82) is 0 Å². The molecule has 5 heteroatoms. The highest BCUT2D eigenvalue weighted by atomic mass is 19.1. The van der Waals surface area contributed by atoms with Crippen LogP contribution in [0.5, 0.6) is 0 Å². The van der Waals surface area contributed by atoms with Crippen LogP contribution >= 0.6 is 0 Å². The van der Waals surface area contributed by atoms with E-state index >= 15 is 0 Å². The standard InChI is InChI=1S/C16H21F2N3/c17-12-7-4-8-13(18)15(12)11-9-14(11)21-16(19)20-10-5-2-1-3-6-10/h4,7-8,10-11,14H,1-3,5-6,9H2,(H3,19,20,21). The number of nitrogens with zero attached hydrogens (tertiary/aromatic N) is 1. The van der Waals surface area contributed by atoms with Gasteiger partial charge in [0.15, 0.2) is 5.96 Å². The summed E-state index contributed by atoms with van der Waals surface area (Å²) in [5, 5.41) is 3.23. The second-order valence-electron chi connectivity index (χ2n) is 6.04. The fraction of sp³-hybridized carbons (Fsp3) is 0.562. The third-order valence-corrected chi connectivity index (χ3v) is 4.39. The monoisotopic (exact) mass is 293 g/mol. The van der Waals surface area contributed by atoms with E-state index in [9.17, 15) is 8.78 Å². The minimum Gasteiger partial charge on any atom is -0.370 e. The molecule has 3 N–H and O–H groups in total. The van der Waals surface area contributed by atoms with E-state index in [0.29, 0.717) is 18.4 Å². The SMILES string of the molecule is NC(=NC1CC1c1c(F)cccc1F)NC1CCCCC1. The average molecular weight is 293 g/mol. The van der Waals surface area contributed by atoms with Gasteiger partial charge in [0.2, 0.25) is 0 Å². The van der Waals surface area contributed by atoms with E-state index in [-0.39, 0.29) is 17.5 Å². The number of hydrogen-bond acceptors (Lipinski definition) is 1. The Balaban J connectivity index is 1.61. The van der Waals surface area contributed by atoms with E-state index in [1.54, 1.807) is 0 Å². The van der Waals surface area contributed by atoms with Gasteiger partial charge >= 0.3 is 0 Å². The molecule has 2 saturated carbocycles. The van der Waals surface area contributed by atoms with Gasteiger partial charge in [-0.1, -0.05) is 25.3 Å². The van der Waals surface area contributed by atoms with Gasteiger partial charge in [-0.15, -0.1) is 0 Å². The molecule has 0 radical (unpaired) electrons. The lowest BCUT2D eigenvalue weighted by Crippen LogP contribution is -2.41. The summed E-state index contributed by atoms with van der Waals surface area (Å²) in [7, 11) is 0. The highest BCUT2D eigenvalue weighted by molar-refractivity contribution is 5.78. The first-order chi connectivity index (χ1) is 10.1. The summed E-state index contributed by atoms with van der Waals surface area (Å²) in [6, 6.07) is 4.26. The van der Waals surface area contributed by atoms with Crippen LogP contribution in [0.1, 0.15) is 50.0 Å². The predicted octanol–water partition coefficient (Wildman–Crippen LogP) is 3.06. The molecule has 0 saturated heterocycles. The minimum atomic E-state index is -0.489. The number of rotatable bonds is 3. The lowest BCUT2D eigenvalue weighted by Gasteiger charge is -2.23. The van der Waals surface area contributed by atoms with Crippen molar-refractivity contribution in [1.82, 2.24) is 5.32 Å². The second-order valence-corrected chi connectivity index (χ2v) is 6.04. The predicted molar refractivity (Wildman–Crippen MR) is 79.1 cm³/mol. The van der Waals surface area contributed by atoms with E-state index < -0.39 is 11.6 Å². The Bertz CT molecular complexity index is 518. The molecule has 2 unspecified atom stereocenters. The summed E-state index contributed by atoms with van der Waals surface area (Å²) < 4.78 is 27.4. The molecule has 3 rings (SSSR count). The van der Waals surface area contributed by atoms with Gasteiger partial charge in [0, 0.05) is 17.5 Å². The van der Waals surface area contributed by atoms with Crippen LogP contribution in [-0.2, 0) is 0 Å². The molecule has 2 aliphatic rings. The van der Waals surface area contributed by atoms with E-state index in [2.05, 4.69) is 10.3 Å². The number of hydrogen-bond donors (Lipinski definition) is 2. The number of halogens is 2. The van der Waals surface area contributed by atoms with Gasteiger partial charge in [0.05, 0.1) is 6.04 Å². The second kappa shape index (κ2) is 6.00. The van der Waals surface area contributed by atoms with E-state index in [4.69, 9.17) is 5.73 Å². The highest BCUT2D eigenvalue weighted by Crippen LogP contribution is 2.45. The lowest BCUT2D eigenvalue weighted by molar-refractivity contribution is 0.412. The molecule has 2 aliphatic carbocycles. The minimum absolute atomic E-state index is 0.104. The van der Waals surface area contributed by atoms with Crippen LogP contribution in [0, 0.1) is 11.6 Å². The quantitative estimate of drug-likeness (QED) is 0.665. The summed E-state index contributed by atoms with van der Waals surface area (Å²) in [4.78, 5) is 4.37. The first kappa shape index (κ1) is 14.3. The summed E-state index contributed by atoms with van der Waals surface area (Å²) in [5.74, 6) is -0.753. The molecule has 0 amide bonds. The molecule has 0 spiro atoms. The van der Waals surface area contributed by atoms with Gasteiger partial charge in [-0.2, -0.15) is 0 Å². The summed E-state index contributed by atoms with van der Waals surface area (Å²) >= 11 is 0. The Kier molecular flexibility index (Phi) is 4.08. The Hall–Kier alpha value is -1.65. The molecule has 114 valence electrons. The van der Waals surface area contributed by atoms with Gasteiger partial charge in [-0.05, 0) is 31.4 Å². The van der Waals surface area contributed by atoms with Crippen LogP contribution in [0.3, 0.4) is 0 Å². The number of nitrogens with one attached hydrogen (secondary N) is 1. The van der Waals surface area contributed by atoms with E-state index in [0.717, 1.165) is 12.8 Å². The Labute approximate surface area is 123 Å². The molecule has 0 aliphatic heterocycles. The third-order valence-electron chi connectivity index (χ3n) is 4.39. The van der Waals surface area contributed by atoms with Crippen molar-refractivity contribution >= 4 is 5.96 Å². The zero-order valence-corrected chi connectivity index (χ0v) is 12.0. The molecule has 1 aromatic carbocycles. The smallest absolute Gasteiger partial charge is 0.189 e. The van der Waals surface area contributed by atoms with Crippen LogP contribution < -0.4 is 11.1 Å². The average Bonchev–Trinajstić information content (AvgIpc) is 3.18. The van der Waals surface area contributed by atoms with Crippen LogP contribution in [0.2, 0.25) is 0 Å². The maximum atomic E-state index is 13.7. The fourth-order valence-electron chi connectivity index (χ4n) is 3.17. The van der Waals surface area contributed by atoms with Crippen molar-refractivity contribution in [2.45, 2.75) is 56.5 Å². The normalized spacial score (nSPS) is 26.7. The van der Waals surface area contributed by atoms with Crippen molar-refractivity contribution < 1.29 is 8.78 Å². The summed E-state index contributed by atoms with van der Waals surface area (Å²) in [6.45, 7) is 0. The van der Waals surface area contributed by atoms with Crippen LogP contribution in [0.15, 0.2) is 23.2 Å². The lowest BCUT2D eigenvalue weighted by atomic mass is 9.96. The molecule has 3 nitrogen and oxygen atoms in total. The molecule has 0 aromatic heterocycles. The number of nitrogens with two attached hydrogens (primary N) is 1. The van der Waals surface area contributed by atoms with Crippen molar-refractivity contribution in [3.05, 3.63) is 35.4 Å².